The summed E-state index contributed by atoms with van der Waals surface area (Å²) in [5.41, 5.74) is 1.86. The second-order valence-electron chi connectivity index (χ2n) is 9.39. The van der Waals surface area contributed by atoms with Crippen LogP contribution in [-0.4, -0.2) is 42.8 Å². The Labute approximate surface area is 191 Å². The standard InChI is InChI=1S/C26H37N3O3/c1-3-28(4-2)21-12-10-20(11-13-21)25-23-9-5-6-14-26(23,31)15-16-29(25)19-24(30)27-18-22-8-7-17-32-22/h7-8,10-13,17,23,25,31H,3-6,9,14-16,18-19H2,1-2H3,(H,27,30)/p+1/t23-,25+,26-/m1/s1. The SMILES string of the molecule is CCN(CC)c1ccc([C@H]2[C@H]3CCCC[C@@]3(O)CC[NH+]2CC(=O)NCc2ccco2)cc1. The molecule has 174 valence electrons. The number of nitrogens with zero attached hydrogens (tertiary/aromatic N) is 1. The van der Waals surface area contributed by atoms with E-state index >= 15 is 0 Å². The van der Waals surface area contributed by atoms with Crippen LogP contribution >= 0.6 is 0 Å². The van der Waals surface area contributed by atoms with Gasteiger partial charge in [0.15, 0.2) is 6.54 Å². The van der Waals surface area contributed by atoms with Crippen molar-refractivity contribution in [3.63, 3.8) is 0 Å². The summed E-state index contributed by atoms with van der Waals surface area (Å²) in [5, 5.41) is 14.5. The zero-order valence-electron chi connectivity index (χ0n) is 19.5. The number of amides is 1. The summed E-state index contributed by atoms with van der Waals surface area (Å²) in [6.07, 6.45) is 6.55. The van der Waals surface area contributed by atoms with Crippen LogP contribution in [-0.2, 0) is 11.3 Å². The van der Waals surface area contributed by atoms with Crippen LogP contribution in [0.3, 0.4) is 0 Å². The highest BCUT2D eigenvalue weighted by atomic mass is 16.3. The molecule has 32 heavy (non-hydrogen) atoms. The van der Waals surface area contributed by atoms with Crippen LogP contribution in [0.4, 0.5) is 5.69 Å². The van der Waals surface area contributed by atoms with E-state index in [4.69, 9.17) is 4.42 Å². The number of benzene rings is 1. The molecule has 1 saturated heterocycles. The first-order valence-electron chi connectivity index (χ1n) is 12.2. The molecule has 3 N–H and O–H groups in total. The van der Waals surface area contributed by atoms with Crippen molar-refractivity contribution < 1.29 is 19.2 Å². The number of hydrogen-bond acceptors (Lipinski definition) is 4. The van der Waals surface area contributed by atoms with Gasteiger partial charge in [-0.25, -0.2) is 0 Å². The van der Waals surface area contributed by atoms with E-state index in [-0.39, 0.29) is 17.9 Å². The molecule has 1 aliphatic heterocycles. The first-order valence-corrected chi connectivity index (χ1v) is 12.2. The summed E-state index contributed by atoms with van der Waals surface area (Å²) >= 11 is 0. The molecule has 4 atom stereocenters. The first-order chi connectivity index (χ1) is 15.5. The summed E-state index contributed by atoms with van der Waals surface area (Å²) in [6.45, 7) is 7.95. The minimum atomic E-state index is -0.603. The number of aliphatic hydroxyl groups is 1. The number of likely N-dealkylation sites (tertiary alicyclic amines) is 1. The highest BCUT2D eigenvalue weighted by molar-refractivity contribution is 5.76. The molecular formula is C26H38N3O3+. The molecule has 1 amide bonds. The highest BCUT2D eigenvalue weighted by Crippen LogP contribution is 2.44. The van der Waals surface area contributed by atoms with E-state index in [1.807, 2.05) is 12.1 Å². The lowest BCUT2D eigenvalue weighted by molar-refractivity contribution is -0.937. The maximum atomic E-state index is 12.8. The van der Waals surface area contributed by atoms with Gasteiger partial charge in [-0.2, -0.15) is 0 Å². The van der Waals surface area contributed by atoms with Crippen molar-refractivity contribution in [1.82, 2.24) is 5.32 Å². The number of nitrogens with one attached hydrogen (secondary N) is 2. The van der Waals surface area contributed by atoms with Crippen LogP contribution < -0.4 is 15.1 Å². The van der Waals surface area contributed by atoms with E-state index in [2.05, 4.69) is 48.3 Å². The van der Waals surface area contributed by atoms with Gasteiger partial charge in [-0.3, -0.25) is 4.79 Å². The van der Waals surface area contributed by atoms with Crippen molar-refractivity contribution in [3.8, 4) is 0 Å². The average Bonchev–Trinajstić information content (AvgIpc) is 3.33. The Balaban J connectivity index is 1.54. The lowest BCUT2D eigenvalue weighted by atomic mass is 9.66. The number of fused-ring (bicyclic) bond motifs is 1. The van der Waals surface area contributed by atoms with Crippen LogP contribution in [0.5, 0.6) is 0 Å². The third-order valence-electron chi connectivity index (χ3n) is 7.59. The molecular weight excluding hydrogens is 402 g/mol. The Bertz CT molecular complexity index is 863. The second kappa shape index (κ2) is 10.1. The summed E-state index contributed by atoms with van der Waals surface area (Å²) in [6, 6.07) is 12.7. The van der Waals surface area contributed by atoms with Gasteiger partial charge in [-0.1, -0.05) is 25.0 Å². The predicted molar refractivity (Wildman–Crippen MR) is 126 cm³/mol. The number of carbonyl (C=O) groups is 1. The number of carbonyl (C=O) groups excluding carboxylic acids is 1. The van der Waals surface area contributed by atoms with E-state index in [9.17, 15) is 9.90 Å². The van der Waals surface area contributed by atoms with Crippen LogP contribution in [0, 0.1) is 5.92 Å². The summed E-state index contributed by atoms with van der Waals surface area (Å²) in [5.74, 6) is 0.983. The predicted octanol–water partition coefficient (Wildman–Crippen LogP) is 2.69. The quantitative estimate of drug-likeness (QED) is 0.590. The Kier molecular flexibility index (Phi) is 7.21. The van der Waals surface area contributed by atoms with Crippen molar-refractivity contribution in [1.29, 1.82) is 0 Å². The lowest BCUT2D eigenvalue weighted by Crippen LogP contribution is -3.16. The van der Waals surface area contributed by atoms with E-state index in [0.29, 0.717) is 13.1 Å². The molecule has 1 aliphatic carbocycles. The molecule has 6 nitrogen and oxygen atoms in total. The van der Waals surface area contributed by atoms with Crippen molar-refractivity contribution in [3.05, 3.63) is 54.0 Å². The number of quaternary nitrogens is 1. The monoisotopic (exact) mass is 440 g/mol. The Morgan fingerprint density at radius 1 is 1.19 bits per heavy atom. The Morgan fingerprint density at radius 2 is 1.97 bits per heavy atom. The summed E-state index contributed by atoms with van der Waals surface area (Å²) in [4.78, 5) is 16.4. The number of anilines is 1. The zero-order valence-corrected chi connectivity index (χ0v) is 19.5. The van der Waals surface area contributed by atoms with Gasteiger partial charge in [-0.15, -0.1) is 0 Å². The van der Waals surface area contributed by atoms with E-state index in [1.54, 1.807) is 6.26 Å². The summed E-state index contributed by atoms with van der Waals surface area (Å²) in [7, 11) is 0. The molecule has 2 heterocycles. The maximum Gasteiger partial charge on any atom is 0.275 e. The molecule has 2 aromatic rings. The van der Waals surface area contributed by atoms with Crippen LogP contribution in [0.15, 0.2) is 47.1 Å². The topological polar surface area (TPSA) is 70.2 Å². The van der Waals surface area contributed by atoms with Gasteiger partial charge in [0.1, 0.15) is 11.8 Å². The third kappa shape index (κ3) is 4.86. The molecule has 0 radical (unpaired) electrons. The molecule has 1 unspecified atom stereocenters. The molecule has 0 spiro atoms. The van der Waals surface area contributed by atoms with Gasteiger partial charge >= 0.3 is 0 Å². The van der Waals surface area contributed by atoms with Crippen molar-refractivity contribution >= 4 is 11.6 Å². The van der Waals surface area contributed by atoms with Gasteiger partial charge < -0.3 is 24.6 Å². The molecule has 0 bridgehead atoms. The van der Waals surface area contributed by atoms with Crippen LogP contribution in [0.2, 0.25) is 0 Å². The molecule has 4 rings (SSSR count). The summed E-state index contributed by atoms with van der Waals surface area (Å²) < 4.78 is 5.34. The highest BCUT2D eigenvalue weighted by Gasteiger charge is 2.51. The average molecular weight is 441 g/mol. The van der Waals surface area contributed by atoms with Gasteiger partial charge in [0.05, 0.1) is 25.0 Å². The van der Waals surface area contributed by atoms with E-state index in [1.165, 1.54) is 16.2 Å². The van der Waals surface area contributed by atoms with E-state index in [0.717, 1.165) is 57.5 Å². The van der Waals surface area contributed by atoms with Crippen LogP contribution in [0.25, 0.3) is 0 Å². The Morgan fingerprint density at radius 3 is 2.66 bits per heavy atom. The maximum absolute atomic E-state index is 12.8. The zero-order chi connectivity index (χ0) is 22.6. The van der Waals surface area contributed by atoms with Crippen molar-refractivity contribution in [2.75, 3.05) is 31.1 Å². The number of hydrogen-bond donors (Lipinski definition) is 3. The molecule has 1 aromatic heterocycles. The normalized spacial score (nSPS) is 27.5. The molecule has 2 fully saturated rings. The smallest absolute Gasteiger partial charge is 0.275 e. The Hall–Kier alpha value is -2.31. The number of rotatable bonds is 8. The lowest BCUT2D eigenvalue weighted by Gasteiger charge is -2.50. The van der Waals surface area contributed by atoms with Gasteiger partial charge in [0, 0.05) is 36.7 Å². The van der Waals surface area contributed by atoms with Crippen LogP contribution in [0.1, 0.15) is 63.3 Å². The number of piperidine rings is 1. The molecule has 2 aliphatic rings. The van der Waals surface area contributed by atoms with Gasteiger partial charge in [-0.05, 0) is 51.0 Å². The number of furan rings is 1. The second-order valence-corrected chi connectivity index (χ2v) is 9.39. The molecule has 1 saturated carbocycles. The van der Waals surface area contributed by atoms with Crippen molar-refractivity contribution in [2.45, 2.75) is 64.1 Å². The van der Waals surface area contributed by atoms with Gasteiger partial charge in [0.25, 0.3) is 5.91 Å². The molecule has 1 aromatic carbocycles. The van der Waals surface area contributed by atoms with Crippen molar-refractivity contribution in [2.24, 2.45) is 5.92 Å². The minimum Gasteiger partial charge on any atom is -0.467 e. The fourth-order valence-corrected chi connectivity index (χ4v) is 5.87. The molecule has 6 heteroatoms. The van der Waals surface area contributed by atoms with E-state index < -0.39 is 5.60 Å². The van der Waals surface area contributed by atoms with Gasteiger partial charge in [0.2, 0.25) is 0 Å². The third-order valence-corrected chi connectivity index (χ3v) is 7.59. The first kappa shape index (κ1) is 22.9. The fraction of sp³-hybridized carbons (Fsp3) is 0.577. The largest absolute Gasteiger partial charge is 0.467 e. The fourth-order valence-electron chi connectivity index (χ4n) is 5.87. The minimum absolute atomic E-state index is 0.0300.